The topological polar surface area (TPSA) is 73.0 Å². The van der Waals surface area contributed by atoms with Crippen molar-refractivity contribution in [2.75, 3.05) is 6.54 Å². The number of carbonyl (C=O) groups excluding carboxylic acids is 1. The summed E-state index contributed by atoms with van der Waals surface area (Å²) in [4.78, 5) is 12.3. The van der Waals surface area contributed by atoms with Gasteiger partial charge < -0.3 is 9.84 Å². The maximum Gasteiger partial charge on any atom is 0.224 e. The van der Waals surface area contributed by atoms with Crippen LogP contribution in [0.25, 0.3) is 11.3 Å². The first-order chi connectivity index (χ1) is 14.5. The Kier molecular flexibility index (Phi) is 6.02. The van der Waals surface area contributed by atoms with Crippen LogP contribution in [0.1, 0.15) is 54.1 Å². The largest absolute Gasteiger partial charge is 0.356 e. The molecular weight excluding hydrogens is 376 g/mol. The highest BCUT2D eigenvalue weighted by atomic mass is 16.5. The van der Waals surface area contributed by atoms with E-state index in [1.165, 1.54) is 5.56 Å². The Morgan fingerprint density at radius 3 is 2.70 bits per heavy atom. The van der Waals surface area contributed by atoms with Crippen LogP contribution in [0.4, 0.5) is 0 Å². The van der Waals surface area contributed by atoms with E-state index in [2.05, 4.69) is 29.5 Å². The van der Waals surface area contributed by atoms with Crippen molar-refractivity contribution in [3.8, 4) is 11.3 Å². The van der Waals surface area contributed by atoms with Gasteiger partial charge in [0.2, 0.25) is 5.91 Å². The molecule has 30 heavy (non-hydrogen) atoms. The van der Waals surface area contributed by atoms with Gasteiger partial charge in [-0.05, 0) is 51.0 Å². The molecule has 1 aromatic carbocycles. The van der Waals surface area contributed by atoms with Gasteiger partial charge in [0.1, 0.15) is 0 Å². The third-order valence-electron chi connectivity index (χ3n) is 6.02. The van der Waals surface area contributed by atoms with Crippen molar-refractivity contribution in [2.24, 2.45) is 13.0 Å². The number of nitrogens with one attached hydrogen (secondary N) is 1. The van der Waals surface area contributed by atoms with Gasteiger partial charge in [-0.2, -0.15) is 5.10 Å². The molecule has 158 valence electrons. The van der Waals surface area contributed by atoms with Crippen LogP contribution < -0.4 is 5.32 Å². The van der Waals surface area contributed by atoms with E-state index in [9.17, 15) is 4.79 Å². The fourth-order valence-electron chi connectivity index (χ4n) is 4.46. The highest BCUT2D eigenvalue weighted by Gasteiger charge is 2.28. The third-order valence-corrected chi connectivity index (χ3v) is 6.02. The number of aryl methyl sites for hydroxylation is 3. The molecule has 4 rings (SSSR count). The van der Waals surface area contributed by atoms with Crippen LogP contribution in [0.2, 0.25) is 0 Å². The summed E-state index contributed by atoms with van der Waals surface area (Å²) in [7, 11) is 1.95. The van der Waals surface area contributed by atoms with Gasteiger partial charge >= 0.3 is 0 Å². The maximum absolute atomic E-state index is 12.3. The van der Waals surface area contributed by atoms with Gasteiger partial charge in [-0.3, -0.25) is 9.48 Å². The molecule has 6 heteroatoms. The molecule has 1 N–H and O–H groups in total. The van der Waals surface area contributed by atoms with Crippen LogP contribution in [0.15, 0.2) is 41.1 Å². The van der Waals surface area contributed by atoms with E-state index in [1.807, 2.05) is 43.0 Å². The van der Waals surface area contributed by atoms with Crippen molar-refractivity contribution in [3.05, 3.63) is 59.0 Å². The van der Waals surface area contributed by atoms with Gasteiger partial charge in [0, 0.05) is 31.8 Å². The second-order valence-electron chi connectivity index (χ2n) is 8.62. The number of rotatable bonds is 6. The van der Waals surface area contributed by atoms with E-state index in [4.69, 9.17) is 9.62 Å². The molecule has 0 atom stereocenters. The molecule has 1 aliphatic rings. The fraction of sp³-hybridized carbons (Fsp3) is 0.458. The lowest BCUT2D eigenvalue weighted by molar-refractivity contribution is -0.120. The monoisotopic (exact) mass is 406 g/mol. The Labute approximate surface area is 177 Å². The normalized spacial score (nSPS) is 19.0. The Morgan fingerprint density at radius 2 is 2.00 bits per heavy atom. The van der Waals surface area contributed by atoms with E-state index < -0.39 is 0 Å². The molecule has 0 spiro atoms. The van der Waals surface area contributed by atoms with Crippen molar-refractivity contribution in [1.29, 1.82) is 0 Å². The SMILES string of the molecule is Cc1cccc(CC(=O)NCC2CCC(c3nn(C)cc3-c3cc(C)no3)CC2)c1. The predicted octanol–water partition coefficient (Wildman–Crippen LogP) is 4.32. The summed E-state index contributed by atoms with van der Waals surface area (Å²) >= 11 is 0. The average Bonchev–Trinajstić information content (AvgIpc) is 3.32. The lowest BCUT2D eigenvalue weighted by atomic mass is 9.79. The summed E-state index contributed by atoms with van der Waals surface area (Å²) in [6.07, 6.45) is 6.82. The minimum absolute atomic E-state index is 0.107. The van der Waals surface area contributed by atoms with Crippen LogP contribution in [0.3, 0.4) is 0 Å². The highest BCUT2D eigenvalue weighted by Crippen LogP contribution is 2.39. The van der Waals surface area contributed by atoms with Gasteiger partial charge in [0.05, 0.1) is 23.4 Å². The molecule has 2 aromatic heterocycles. The van der Waals surface area contributed by atoms with Crippen LogP contribution in [-0.2, 0) is 18.3 Å². The lowest BCUT2D eigenvalue weighted by Gasteiger charge is -2.28. The van der Waals surface area contributed by atoms with Gasteiger partial charge in [0.25, 0.3) is 0 Å². The molecule has 1 fully saturated rings. The number of aromatic nitrogens is 3. The van der Waals surface area contributed by atoms with Gasteiger partial charge in [-0.15, -0.1) is 0 Å². The van der Waals surface area contributed by atoms with E-state index in [0.29, 0.717) is 18.3 Å². The van der Waals surface area contributed by atoms with E-state index in [1.54, 1.807) is 0 Å². The van der Waals surface area contributed by atoms with Crippen molar-refractivity contribution < 1.29 is 9.32 Å². The first-order valence-electron chi connectivity index (χ1n) is 10.8. The molecule has 0 unspecified atom stereocenters. The van der Waals surface area contributed by atoms with Crippen LogP contribution in [0, 0.1) is 19.8 Å². The first kappa shape index (κ1) is 20.4. The zero-order valence-electron chi connectivity index (χ0n) is 18.0. The molecule has 0 radical (unpaired) electrons. The number of carbonyl (C=O) groups is 1. The van der Waals surface area contributed by atoms with Crippen molar-refractivity contribution in [3.63, 3.8) is 0 Å². The smallest absolute Gasteiger partial charge is 0.224 e. The standard InChI is InChI=1S/C24H30N4O2/c1-16-5-4-6-19(11-16)13-23(29)25-14-18-7-9-20(10-8-18)24-21(15-28(3)26-24)22-12-17(2)27-30-22/h4-6,11-12,15,18,20H,7-10,13-14H2,1-3H3,(H,25,29). The van der Waals surface area contributed by atoms with Gasteiger partial charge in [-0.1, -0.05) is 35.0 Å². The Bertz CT molecular complexity index is 1010. The Morgan fingerprint density at radius 1 is 1.20 bits per heavy atom. The van der Waals surface area contributed by atoms with E-state index in [-0.39, 0.29) is 5.91 Å². The fourth-order valence-corrected chi connectivity index (χ4v) is 4.46. The molecule has 0 aliphatic heterocycles. The summed E-state index contributed by atoms with van der Waals surface area (Å²) in [5.41, 5.74) is 5.29. The minimum Gasteiger partial charge on any atom is -0.356 e. The van der Waals surface area contributed by atoms with Crippen molar-refractivity contribution in [1.82, 2.24) is 20.3 Å². The van der Waals surface area contributed by atoms with Crippen LogP contribution in [-0.4, -0.2) is 27.4 Å². The molecule has 1 amide bonds. The second kappa shape index (κ2) is 8.86. The van der Waals surface area contributed by atoms with Gasteiger partial charge in [0.15, 0.2) is 5.76 Å². The van der Waals surface area contributed by atoms with Crippen LogP contribution in [0.5, 0.6) is 0 Å². The second-order valence-corrected chi connectivity index (χ2v) is 8.62. The number of amides is 1. The zero-order valence-corrected chi connectivity index (χ0v) is 18.0. The van der Waals surface area contributed by atoms with Gasteiger partial charge in [-0.25, -0.2) is 0 Å². The molecule has 6 nitrogen and oxygen atoms in total. The summed E-state index contributed by atoms with van der Waals surface area (Å²) < 4.78 is 7.35. The number of hydrogen-bond acceptors (Lipinski definition) is 4. The number of benzene rings is 1. The van der Waals surface area contributed by atoms with E-state index in [0.717, 1.165) is 60.5 Å². The molecule has 1 saturated carbocycles. The average molecular weight is 407 g/mol. The van der Waals surface area contributed by atoms with E-state index >= 15 is 0 Å². The lowest BCUT2D eigenvalue weighted by Crippen LogP contribution is -2.32. The summed E-state index contributed by atoms with van der Waals surface area (Å²) in [6, 6.07) is 10.1. The molecule has 1 aliphatic carbocycles. The maximum atomic E-state index is 12.3. The van der Waals surface area contributed by atoms with Crippen LogP contribution >= 0.6 is 0 Å². The Hall–Kier alpha value is -2.89. The first-order valence-corrected chi connectivity index (χ1v) is 10.8. The summed E-state index contributed by atoms with van der Waals surface area (Å²) in [6.45, 7) is 4.74. The highest BCUT2D eigenvalue weighted by molar-refractivity contribution is 5.78. The molecule has 0 saturated heterocycles. The number of nitrogens with zero attached hydrogens (tertiary/aromatic N) is 3. The molecule has 0 bridgehead atoms. The molecule has 2 heterocycles. The quantitative estimate of drug-likeness (QED) is 0.661. The molecular formula is C24H30N4O2. The Balaban J connectivity index is 1.30. The van der Waals surface area contributed by atoms with Crippen molar-refractivity contribution >= 4 is 5.91 Å². The number of hydrogen-bond donors (Lipinski definition) is 1. The third kappa shape index (κ3) is 4.81. The summed E-state index contributed by atoms with van der Waals surface area (Å²) in [5, 5.41) is 11.9. The van der Waals surface area contributed by atoms with Crippen molar-refractivity contribution in [2.45, 2.75) is 51.9 Å². The molecule has 3 aromatic rings. The minimum atomic E-state index is 0.107. The summed E-state index contributed by atoms with van der Waals surface area (Å²) in [5.74, 6) is 1.85. The predicted molar refractivity (Wildman–Crippen MR) is 116 cm³/mol. The zero-order chi connectivity index (χ0) is 21.1.